The van der Waals surface area contributed by atoms with Crippen LogP contribution in [0.3, 0.4) is 0 Å². The molecular weight excluding hydrogens is 267 g/mol. The van der Waals surface area contributed by atoms with Gasteiger partial charge in [0.2, 0.25) is 29.1 Å². The Bertz CT molecular complexity index is 464. The summed E-state index contributed by atoms with van der Waals surface area (Å²) in [4.78, 5) is 0. The maximum Gasteiger partial charge on any atom is 0.206 e. The van der Waals surface area contributed by atoms with Gasteiger partial charge < -0.3 is 5.11 Å². The van der Waals surface area contributed by atoms with E-state index in [9.17, 15) is 22.0 Å². The SMILES string of the molecule is Cc1ccccc1.Oc1c(F)c(F)c(F)c(F)c1F. The van der Waals surface area contributed by atoms with Crippen molar-refractivity contribution in [3.63, 3.8) is 0 Å². The molecule has 0 aliphatic heterocycles. The van der Waals surface area contributed by atoms with Crippen molar-refractivity contribution < 1.29 is 27.1 Å². The van der Waals surface area contributed by atoms with Crippen molar-refractivity contribution in [3.8, 4) is 5.75 Å². The standard InChI is InChI=1S/C7H8.C6HF5O/c1-7-5-3-2-4-6-7;7-1-2(8)4(10)6(12)5(11)3(1)9/h2-6H,1H3;12H. The highest BCUT2D eigenvalue weighted by atomic mass is 19.2. The third-order valence-electron chi connectivity index (χ3n) is 2.13. The number of phenolic OH excluding ortho intramolecular Hbond substituents is 1. The molecule has 0 fully saturated rings. The zero-order chi connectivity index (χ0) is 14.6. The molecule has 0 atom stereocenters. The van der Waals surface area contributed by atoms with E-state index in [2.05, 4.69) is 19.1 Å². The Morgan fingerprint density at radius 3 is 1.37 bits per heavy atom. The summed E-state index contributed by atoms with van der Waals surface area (Å²) < 4.78 is 60.6. The van der Waals surface area contributed by atoms with Crippen LogP contribution in [0.1, 0.15) is 5.56 Å². The normalized spacial score (nSPS) is 9.79. The maximum atomic E-state index is 12.2. The minimum absolute atomic E-state index is 1.32. The lowest BCUT2D eigenvalue weighted by molar-refractivity contribution is 0.325. The van der Waals surface area contributed by atoms with Crippen molar-refractivity contribution in [2.75, 3.05) is 0 Å². The molecule has 0 amide bonds. The molecule has 0 unspecified atom stereocenters. The molecule has 0 bridgehead atoms. The molecule has 0 saturated heterocycles. The van der Waals surface area contributed by atoms with Crippen LogP contribution in [0.2, 0.25) is 0 Å². The second-order valence-corrected chi connectivity index (χ2v) is 3.57. The number of benzene rings is 2. The molecule has 1 nitrogen and oxygen atoms in total. The largest absolute Gasteiger partial charge is 0.503 e. The molecule has 0 saturated carbocycles. The summed E-state index contributed by atoms with van der Waals surface area (Å²) in [7, 11) is 0. The third kappa shape index (κ3) is 3.43. The number of hydrogen-bond donors (Lipinski definition) is 1. The highest BCUT2D eigenvalue weighted by molar-refractivity contribution is 5.27. The number of aromatic hydroxyl groups is 1. The average molecular weight is 276 g/mol. The number of rotatable bonds is 0. The van der Waals surface area contributed by atoms with Gasteiger partial charge in [-0.25, -0.2) is 13.2 Å². The van der Waals surface area contributed by atoms with Crippen LogP contribution in [0.4, 0.5) is 22.0 Å². The summed E-state index contributed by atoms with van der Waals surface area (Å²) in [6.45, 7) is 2.08. The molecular formula is C13H9F5O. The van der Waals surface area contributed by atoms with E-state index in [-0.39, 0.29) is 0 Å². The van der Waals surface area contributed by atoms with Gasteiger partial charge >= 0.3 is 0 Å². The predicted octanol–water partition coefficient (Wildman–Crippen LogP) is 4.08. The second-order valence-electron chi connectivity index (χ2n) is 3.57. The van der Waals surface area contributed by atoms with E-state index in [0.717, 1.165) is 0 Å². The molecule has 0 aromatic heterocycles. The number of phenols is 1. The minimum atomic E-state index is -2.29. The third-order valence-corrected chi connectivity index (χ3v) is 2.13. The van der Waals surface area contributed by atoms with E-state index in [1.807, 2.05) is 18.2 Å². The molecule has 2 rings (SSSR count). The van der Waals surface area contributed by atoms with Gasteiger partial charge in [-0.05, 0) is 6.92 Å². The summed E-state index contributed by atoms with van der Waals surface area (Å²) in [5, 5.41) is 8.30. The van der Waals surface area contributed by atoms with Gasteiger partial charge in [0, 0.05) is 0 Å². The smallest absolute Gasteiger partial charge is 0.206 e. The van der Waals surface area contributed by atoms with E-state index in [1.54, 1.807) is 0 Å². The molecule has 0 heterocycles. The van der Waals surface area contributed by atoms with Gasteiger partial charge in [0.05, 0.1) is 0 Å². The van der Waals surface area contributed by atoms with Gasteiger partial charge in [-0.15, -0.1) is 0 Å². The lowest BCUT2D eigenvalue weighted by atomic mass is 10.2. The molecule has 0 spiro atoms. The van der Waals surface area contributed by atoms with Crippen LogP contribution in [0.25, 0.3) is 0 Å². The molecule has 0 radical (unpaired) electrons. The fraction of sp³-hybridized carbons (Fsp3) is 0.0769. The number of halogens is 5. The molecule has 102 valence electrons. The van der Waals surface area contributed by atoms with Crippen molar-refractivity contribution in [1.82, 2.24) is 0 Å². The van der Waals surface area contributed by atoms with Crippen molar-refractivity contribution in [1.29, 1.82) is 0 Å². The Hall–Kier alpha value is -2.11. The second kappa shape index (κ2) is 6.17. The van der Waals surface area contributed by atoms with Crippen LogP contribution < -0.4 is 0 Å². The van der Waals surface area contributed by atoms with Crippen LogP contribution in [-0.4, -0.2) is 5.11 Å². The first-order chi connectivity index (χ1) is 8.86. The Labute approximate surface area is 105 Å². The Kier molecular flexibility index (Phi) is 4.86. The molecule has 1 N–H and O–H groups in total. The van der Waals surface area contributed by atoms with E-state index in [1.165, 1.54) is 5.56 Å². The number of hydrogen-bond acceptors (Lipinski definition) is 1. The van der Waals surface area contributed by atoms with Crippen molar-refractivity contribution in [2.45, 2.75) is 6.92 Å². The maximum absolute atomic E-state index is 12.2. The zero-order valence-corrected chi connectivity index (χ0v) is 9.72. The summed E-state index contributed by atoms with van der Waals surface area (Å²) in [5.74, 6) is -12.9. The van der Waals surface area contributed by atoms with Crippen LogP contribution in [0.5, 0.6) is 5.75 Å². The highest BCUT2D eigenvalue weighted by Crippen LogP contribution is 2.27. The summed E-state index contributed by atoms with van der Waals surface area (Å²) >= 11 is 0. The highest BCUT2D eigenvalue weighted by Gasteiger charge is 2.24. The lowest BCUT2D eigenvalue weighted by Gasteiger charge is -2.00. The van der Waals surface area contributed by atoms with Crippen molar-refractivity contribution >= 4 is 0 Å². The Balaban J connectivity index is 0.000000218. The van der Waals surface area contributed by atoms with Crippen LogP contribution in [0.15, 0.2) is 30.3 Å². The van der Waals surface area contributed by atoms with Crippen LogP contribution >= 0.6 is 0 Å². The molecule has 2 aromatic carbocycles. The predicted molar refractivity (Wildman–Crippen MR) is 59.1 cm³/mol. The summed E-state index contributed by atoms with van der Waals surface area (Å²) in [6, 6.07) is 10.3. The topological polar surface area (TPSA) is 20.2 Å². The molecule has 0 aliphatic rings. The van der Waals surface area contributed by atoms with E-state index in [0.29, 0.717) is 0 Å². The summed E-state index contributed by atoms with van der Waals surface area (Å²) in [6.07, 6.45) is 0. The van der Waals surface area contributed by atoms with E-state index in [4.69, 9.17) is 5.11 Å². The van der Waals surface area contributed by atoms with Gasteiger partial charge in [-0.1, -0.05) is 35.9 Å². The number of aryl methyl sites for hydroxylation is 1. The lowest BCUT2D eigenvalue weighted by Crippen LogP contribution is -2.00. The fourth-order valence-electron chi connectivity index (χ4n) is 1.13. The van der Waals surface area contributed by atoms with Gasteiger partial charge in [-0.2, -0.15) is 8.78 Å². The quantitative estimate of drug-likeness (QED) is 0.436. The first-order valence-electron chi connectivity index (χ1n) is 5.08. The first-order valence-corrected chi connectivity index (χ1v) is 5.08. The molecule has 2 aromatic rings. The van der Waals surface area contributed by atoms with Gasteiger partial charge in [-0.3, -0.25) is 0 Å². The Morgan fingerprint density at radius 2 is 1.05 bits per heavy atom. The molecule has 0 aliphatic carbocycles. The van der Waals surface area contributed by atoms with Crippen LogP contribution in [0, 0.1) is 36.0 Å². The Morgan fingerprint density at radius 1 is 0.684 bits per heavy atom. The van der Waals surface area contributed by atoms with Crippen LogP contribution in [-0.2, 0) is 0 Å². The van der Waals surface area contributed by atoms with Gasteiger partial charge in [0.1, 0.15) is 0 Å². The van der Waals surface area contributed by atoms with E-state index >= 15 is 0 Å². The average Bonchev–Trinajstić information content (AvgIpc) is 2.42. The van der Waals surface area contributed by atoms with Gasteiger partial charge in [0.25, 0.3) is 0 Å². The molecule has 19 heavy (non-hydrogen) atoms. The fourth-order valence-corrected chi connectivity index (χ4v) is 1.13. The van der Waals surface area contributed by atoms with E-state index < -0.39 is 34.8 Å². The zero-order valence-electron chi connectivity index (χ0n) is 9.72. The monoisotopic (exact) mass is 276 g/mol. The minimum Gasteiger partial charge on any atom is -0.503 e. The van der Waals surface area contributed by atoms with Gasteiger partial charge in [0.15, 0.2) is 5.75 Å². The molecule has 6 heteroatoms. The van der Waals surface area contributed by atoms with Crippen molar-refractivity contribution in [2.24, 2.45) is 0 Å². The van der Waals surface area contributed by atoms with Crippen molar-refractivity contribution in [3.05, 3.63) is 65.0 Å². The summed E-state index contributed by atoms with van der Waals surface area (Å²) in [5.41, 5.74) is 1.32. The first kappa shape index (κ1) is 14.9.